The highest BCUT2D eigenvalue weighted by Crippen LogP contribution is 2.28. The second kappa shape index (κ2) is 7.92. The number of amides is 1. The van der Waals surface area contributed by atoms with Gasteiger partial charge < -0.3 is 14.8 Å². The van der Waals surface area contributed by atoms with Crippen LogP contribution in [0, 0.1) is 5.92 Å². The van der Waals surface area contributed by atoms with Gasteiger partial charge in [0.1, 0.15) is 11.4 Å². The molecule has 0 radical (unpaired) electrons. The zero-order valence-corrected chi connectivity index (χ0v) is 14.4. The molecule has 0 aliphatic heterocycles. The predicted molar refractivity (Wildman–Crippen MR) is 90.8 cm³/mol. The van der Waals surface area contributed by atoms with E-state index >= 15 is 0 Å². The van der Waals surface area contributed by atoms with Crippen molar-refractivity contribution in [3.63, 3.8) is 0 Å². The predicted octanol–water partition coefficient (Wildman–Crippen LogP) is 4.50. The number of nitrogens with one attached hydrogen (secondary N) is 2. The van der Waals surface area contributed by atoms with Crippen LogP contribution in [-0.4, -0.2) is 25.3 Å². The first-order valence-electron chi connectivity index (χ1n) is 7.67. The standard InChI is InChI=1S/C17H28N2O3/c1-7-12(2)11-18-13-8-9-14(15(10-13)21-6)19-16(20)22-17(3,4)5/h8-10,12,18H,7,11H2,1-6H3,(H,19,20). The molecule has 1 atom stereocenters. The Hall–Kier alpha value is -1.91. The number of carbonyl (C=O) groups is 1. The number of carbonyl (C=O) groups excluding carboxylic acids is 1. The van der Waals surface area contributed by atoms with Crippen molar-refractivity contribution in [1.29, 1.82) is 0 Å². The topological polar surface area (TPSA) is 59.6 Å². The van der Waals surface area contributed by atoms with Gasteiger partial charge in [0, 0.05) is 18.3 Å². The molecule has 1 amide bonds. The van der Waals surface area contributed by atoms with Gasteiger partial charge in [-0.15, -0.1) is 0 Å². The Bertz CT molecular complexity index is 495. The molecule has 0 aliphatic carbocycles. The van der Waals surface area contributed by atoms with Crippen molar-refractivity contribution in [2.75, 3.05) is 24.3 Å². The first kappa shape index (κ1) is 18.1. The van der Waals surface area contributed by atoms with E-state index < -0.39 is 11.7 Å². The molecule has 1 rings (SSSR count). The summed E-state index contributed by atoms with van der Waals surface area (Å²) in [5, 5.41) is 6.07. The van der Waals surface area contributed by atoms with Crippen LogP contribution in [0.15, 0.2) is 18.2 Å². The highest BCUT2D eigenvalue weighted by molar-refractivity contribution is 5.87. The van der Waals surface area contributed by atoms with Crippen molar-refractivity contribution in [1.82, 2.24) is 0 Å². The molecule has 1 aromatic carbocycles. The van der Waals surface area contributed by atoms with E-state index in [1.807, 2.05) is 39.0 Å². The molecular weight excluding hydrogens is 280 g/mol. The minimum absolute atomic E-state index is 0.494. The van der Waals surface area contributed by atoms with Crippen molar-refractivity contribution >= 4 is 17.5 Å². The second-order valence-corrected chi connectivity index (χ2v) is 6.44. The van der Waals surface area contributed by atoms with Crippen LogP contribution < -0.4 is 15.4 Å². The number of methoxy groups -OCH3 is 1. The molecule has 0 heterocycles. The highest BCUT2D eigenvalue weighted by atomic mass is 16.6. The lowest BCUT2D eigenvalue weighted by atomic mass is 10.1. The maximum Gasteiger partial charge on any atom is 0.412 e. The Balaban J connectivity index is 2.74. The molecule has 1 unspecified atom stereocenters. The summed E-state index contributed by atoms with van der Waals surface area (Å²) in [5.74, 6) is 1.20. The summed E-state index contributed by atoms with van der Waals surface area (Å²) >= 11 is 0. The van der Waals surface area contributed by atoms with Gasteiger partial charge in [-0.3, -0.25) is 5.32 Å². The van der Waals surface area contributed by atoms with Gasteiger partial charge in [0.25, 0.3) is 0 Å². The van der Waals surface area contributed by atoms with Gasteiger partial charge in [-0.25, -0.2) is 4.79 Å². The molecule has 2 N–H and O–H groups in total. The van der Waals surface area contributed by atoms with Gasteiger partial charge in [0.05, 0.1) is 12.8 Å². The third-order valence-electron chi connectivity index (χ3n) is 3.19. The zero-order chi connectivity index (χ0) is 16.8. The summed E-state index contributed by atoms with van der Waals surface area (Å²) in [7, 11) is 1.58. The first-order chi connectivity index (χ1) is 10.2. The zero-order valence-electron chi connectivity index (χ0n) is 14.4. The molecule has 0 saturated heterocycles. The van der Waals surface area contributed by atoms with Crippen LogP contribution >= 0.6 is 0 Å². The Labute approximate surface area is 133 Å². The van der Waals surface area contributed by atoms with E-state index in [9.17, 15) is 4.79 Å². The van der Waals surface area contributed by atoms with Crippen LogP contribution in [0.5, 0.6) is 5.75 Å². The molecule has 124 valence electrons. The summed E-state index contributed by atoms with van der Waals surface area (Å²) in [5.41, 5.74) is 1.02. The SMILES string of the molecule is CCC(C)CNc1ccc(NC(=O)OC(C)(C)C)c(OC)c1. The smallest absolute Gasteiger partial charge is 0.412 e. The summed E-state index contributed by atoms with van der Waals surface area (Å²) in [6, 6.07) is 5.59. The third-order valence-corrected chi connectivity index (χ3v) is 3.19. The van der Waals surface area contributed by atoms with E-state index in [1.165, 1.54) is 0 Å². The second-order valence-electron chi connectivity index (χ2n) is 6.44. The minimum Gasteiger partial charge on any atom is -0.494 e. The summed E-state index contributed by atoms with van der Waals surface area (Å²) in [6.45, 7) is 10.7. The van der Waals surface area contributed by atoms with Crippen molar-refractivity contribution in [3.8, 4) is 5.75 Å². The van der Waals surface area contributed by atoms with Crippen LogP contribution in [0.1, 0.15) is 41.0 Å². The molecular formula is C17H28N2O3. The van der Waals surface area contributed by atoms with Crippen LogP contribution in [-0.2, 0) is 4.74 Å². The molecule has 0 aliphatic rings. The van der Waals surface area contributed by atoms with Crippen molar-refractivity contribution in [2.45, 2.75) is 46.6 Å². The quantitative estimate of drug-likeness (QED) is 0.812. The van der Waals surface area contributed by atoms with E-state index in [-0.39, 0.29) is 0 Å². The van der Waals surface area contributed by atoms with E-state index in [4.69, 9.17) is 9.47 Å². The number of hydrogen-bond donors (Lipinski definition) is 2. The van der Waals surface area contributed by atoms with Gasteiger partial charge in [0.2, 0.25) is 0 Å². The lowest BCUT2D eigenvalue weighted by Gasteiger charge is -2.20. The third kappa shape index (κ3) is 6.24. The fourth-order valence-electron chi connectivity index (χ4n) is 1.75. The van der Waals surface area contributed by atoms with E-state index in [0.29, 0.717) is 17.4 Å². The summed E-state index contributed by atoms with van der Waals surface area (Å²) in [6.07, 6.45) is 0.633. The minimum atomic E-state index is -0.533. The molecule has 1 aromatic rings. The summed E-state index contributed by atoms with van der Waals surface area (Å²) in [4.78, 5) is 11.8. The Morgan fingerprint density at radius 2 is 2.00 bits per heavy atom. The van der Waals surface area contributed by atoms with Crippen LogP contribution in [0.3, 0.4) is 0 Å². The summed E-state index contributed by atoms with van der Waals surface area (Å²) < 4.78 is 10.6. The monoisotopic (exact) mass is 308 g/mol. The highest BCUT2D eigenvalue weighted by Gasteiger charge is 2.17. The van der Waals surface area contributed by atoms with E-state index in [2.05, 4.69) is 24.5 Å². The average Bonchev–Trinajstić information content (AvgIpc) is 2.43. The lowest BCUT2D eigenvalue weighted by molar-refractivity contribution is 0.0635. The van der Waals surface area contributed by atoms with Crippen molar-refractivity contribution in [2.24, 2.45) is 5.92 Å². The molecule has 0 fully saturated rings. The Kier molecular flexibility index (Phi) is 6.53. The molecule has 0 aromatic heterocycles. The van der Waals surface area contributed by atoms with E-state index in [0.717, 1.165) is 18.7 Å². The number of ether oxygens (including phenoxy) is 2. The molecule has 0 bridgehead atoms. The molecule has 0 saturated carbocycles. The van der Waals surface area contributed by atoms with Crippen LogP contribution in [0.4, 0.5) is 16.2 Å². The van der Waals surface area contributed by atoms with Crippen LogP contribution in [0.2, 0.25) is 0 Å². The van der Waals surface area contributed by atoms with E-state index in [1.54, 1.807) is 7.11 Å². The average molecular weight is 308 g/mol. The van der Waals surface area contributed by atoms with Crippen molar-refractivity contribution in [3.05, 3.63) is 18.2 Å². The largest absolute Gasteiger partial charge is 0.494 e. The fourth-order valence-corrected chi connectivity index (χ4v) is 1.75. The molecule has 5 heteroatoms. The first-order valence-corrected chi connectivity index (χ1v) is 7.67. The van der Waals surface area contributed by atoms with Gasteiger partial charge in [-0.2, -0.15) is 0 Å². The maximum absolute atomic E-state index is 11.8. The number of hydrogen-bond acceptors (Lipinski definition) is 4. The van der Waals surface area contributed by atoms with Gasteiger partial charge in [-0.1, -0.05) is 20.3 Å². The lowest BCUT2D eigenvalue weighted by Crippen LogP contribution is -2.27. The Morgan fingerprint density at radius 1 is 1.32 bits per heavy atom. The van der Waals surface area contributed by atoms with Gasteiger partial charge >= 0.3 is 6.09 Å². The van der Waals surface area contributed by atoms with Gasteiger partial charge in [-0.05, 0) is 38.8 Å². The molecule has 22 heavy (non-hydrogen) atoms. The van der Waals surface area contributed by atoms with Gasteiger partial charge in [0.15, 0.2) is 0 Å². The molecule has 5 nitrogen and oxygen atoms in total. The normalized spacial score (nSPS) is 12.5. The fraction of sp³-hybridized carbons (Fsp3) is 0.588. The van der Waals surface area contributed by atoms with Crippen LogP contribution in [0.25, 0.3) is 0 Å². The van der Waals surface area contributed by atoms with Crippen molar-refractivity contribution < 1.29 is 14.3 Å². The molecule has 0 spiro atoms. The number of rotatable bonds is 6. The number of benzene rings is 1. The number of anilines is 2. The Morgan fingerprint density at radius 3 is 2.55 bits per heavy atom. The maximum atomic E-state index is 11.8.